The first kappa shape index (κ1) is 8.43. The van der Waals surface area contributed by atoms with Crippen LogP contribution >= 0.6 is 11.3 Å². The molecule has 2 N–H and O–H groups in total. The van der Waals surface area contributed by atoms with Crippen LogP contribution in [0.25, 0.3) is 21.6 Å². The van der Waals surface area contributed by atoms with Gasteiger partial charge in [-0.05, 0) is 17.5 Å². The smallest absolute Gasteiger partial charge is 0.179 e. The maximum atomic E-state index is 5.69. The lowest BCUT2D eigenvalue weighted by molar-refractivity contribution is 1.01. The molecule has 0 radical (unpaired) electrons. The lowest BCUT2D eigenvalue weighted by Gasteiger charge is -1.98. The largest absolute Gasteiger partial charge is 0.336 e. The first-order valence-electron chi connectivity index (χ1n) is 4.47. The van der Waals surface area contributed by atoms with E-state index >= 15 is 0 Å². The Hall–Kier alpha value is -1.88. The summed E-state index contributed by atoms with van der Waals surface area (Å²) in [7, 11) is 0. The number of nitrogens with two attached hydrogens (primary N) is 1. The SMILES string of the molecule is Nn1cnc2c(-c3cccs3)ccnc21. The van der Waals surface area contributed by atoms with E-state index in [1.165, 1.54) is 9.55 Å². The molecule has 0 aliphatic carbocycles. The molecule has 5 heteroatoms. The Bertz CT molecular complexity index is 597. The van der Waals surface area contributed by atoms with Gasteiger partial charge in [0, 0.05) is 16.6 Å². The van der Waals surface area contributed by atoms with Crippen LogP contribution in [0.5, 0.6) is 0 Å². The number of thiophene rings is 1. The highest BCUT2D eigenvalue weighted by atomic mass is 32.1. The standard InChI is InChI=1S/C10H8N4S/c11-14-6-13-9-7(3-4-12-10(9)14)8-2-1-5-15-8/h1-6H,11H2. The first-order chi connectivity index (χ1) is 7.36. The van der Waals surface area contributed by atoms with Crippen LogP contribution in [0.3, 0.4) is 0 Å². The number of hydrogen-bond acceptors (Lipinski definition) is 4. The second kappa shape index (κ2) is 3.06. The molecule has 0 aliphatic rings. The molecule has 4 nitrogen and oxygen atoms in total. The summed E-state index contributed by atoms with van der Waals surface area (Å²) in [6.45, 7) is 0. The molecule has 3 aromatic heterocycles. The van der Waals surface area contributed by atoms with E-state index in [1.807, 2.05) is 17.5 Å². The summed E-state index contributed by atoms with van der Waals surface area (Å²) in [5, 5.41) is 2.04. The van der Waals surface area contributed by atoms with Crippen molar-refractivity contribution < 1.29 is 0 Å². The lowest BCUT2D eigenvalue weighted by Crippen LogP contribution is -2.06. The zero-order valence-electron chi connectivity index (χ0n) is 7.79. The van der Waals surface area contributed by atoms with Crippen molar-refractivity contribution in [2.45, 2.75) is 0 Å². The molecule has 3 aromatic rings. The zero-order valence-corrected chi connectivity index (χ0v) is 8.61. The third-order valence-electron chi connectivity index (χ3n) is 2.25. The molecule has 3 rings (SSSR count). The highest BCUT2D eigenvalue weighted by molar-refractivity contribution is 7.13. The lowest BCUT2D eigenvalue weighted by atomic mass is 10.2. The number of hydrogen-bond donors (Lipinski definition) is 1. The van der Waals surface area contributed by atoms with E-state index in [0.717, 1.165) is 11.1 Å². The maximum Gasteiger partial charge on any atom is 0.179 e. The minimum absolute atomic E-state index is 0.709. The fourth-order valence-electron chi connectivity index (χ4n) is 1.56. The molecule has 3 heterocycles. The van der Waals surface area contributed by atoms with Crippen molar-refractivity contribution in [3.05, 3.63) is 36.1 Å². The van der Waals surface area contributed by atoms with Gasteiger partial charge in [-0.1, -0.05) is 6.07 Å². The Kier molecular flexibility index (Phi) is 1.72. The fraction of sp³-hybridized carbons (Fsp3) is 0. The first-order valence-corrected chi connectivity index (χ1v) is 5.35. The van der Waals surface area contributed by atoms with Crippen molar-refractivity contribution in [1.82, 2.24) is 14.6 Å². The average Bonchev–Trinajstić information content (AvgIpc) is 2.88. The monoisotopic (exact) mass is 216 g/mol. The molecule has 0 bridgehead atoms. The summed E-state index contributed by atoms with van der Waals surface area (Å²) in [5.74, 6) is 5.69. The topological polar surface area (TPSA) is 56.7 Å². The Labute approximate surface area is 90.0 Å². The molecule has 0 fully saturated rings. The van der Waals surface area contributed by atoms with Crippen molar-refractivity contribution in [2.24, 2.45) is 0 Å². The van der Waals surface area contributed by atoms with Gasteiger partial charge < -0.3 is 5.84 Å². The quantitative estimate of drug-likeness (QED) is 0.632. The van der Waals surface area contributed by atoms with Crippen LogP contribution in [0, 0.1) is 0 Å². The molecule has 0 amide bonds. The molecule has 74 valence electrons. The number of rotatable bonds is 1. The van der Waals surface area contributed by atoms with Crippen molar-refractivity contribution in [3.63, 3.8) is 0 Å². The van der Waals surface area contributed by atoms with Gasteiger partial charge in [-0.25, -0.2) is 14.6 Å². The van der Waals surface area contributed by atoms with Gasteiger partial charge in [0.15, 0.2) is 5.65 Å². The number of nitrogen functional groups attached to an aromatic ring is 1. The summed E-state index contributed by atoms with van der Waals surface area (Å²) in [4.78, 5) is 9.63. The summed E-state index contributed by atoms with van der Waals surface area (Å²) >= 11 is 1.68. The summed E-state index contributed by atoms with van der Waals surface area (Å²) in [6, 6.07) is 6.04. The van der Waals surface area contributed by atoms with E-state index in [4.69, 9.17) is 5.84 Å². The van der Waals surface area contributed by atoms with Crippen molar-refractivity contribution >= 4 is 22.5 Å². The third-order valence-corrected chi connectivity index (χ3v) is 3.15. The van der Waals surface area contributed by atoms with Gasteiger partial charge in [0.25, 0.3) is 0 Å². The molecular weight excluding hydrogens is 208 g/mol. The van der Waals surface area contributed by atoms with Crippen LogP contribution < -0.4 is 5.84 Å². The van der Waals surface area contributed by atoms with E-state index in [0.29, 0.717) is 5.65 Å². The predicted molar refractivity (Wildman–Crippen MR) is 61.0 cm³/mol. The van der Waals surface area contributed by atoms with Gasteiger partial charge in [-0.3, -0.25) is 0 Å². The van der Waals surface area contributed by atoms with Gasteiger partial charge in [-0.15, -0.1) is 11.3 Å². The Morgan fingerprint density at radius 2 is 2.20 bits per heavy atom. The molecule has 0 atom stereocenters. The molecule has 0 saturated carbocycles. The molecule has 0 aliphatic heterocycles. The van der Waals surface area contributed by atoms with E-state index in [1.54, 1.807) is 23.9 Å². The van der Waals surface area contributed by atoms with Crippen LogP contribution in [0.4, 0.5) is 0 Å². The highest BCUT2D eigenvalue weighted by Crippen LogP contribution is 2.29. The van der Waals surface area contributed by atoms with Crippen molar-refractivity contribution in [2.75, 3.05) is 5.84 Å². The minimum atomic E-state index is 0.709. The van der Waals surface area contributed by atoms with E-state index in [-0.39, 0.29) is 0 Å². The van der Waals surface area contributed by atoms with Crippen LogP contribution in [0.1, 0.15) is 0 Å². The number of pyridine rings is 1. The third kappa shape index (κ3) is 1.20. The van der Waals surface area contributed by atoms with Gasteiger partial charge in [0.2, 0.25) is 0 Å². The summed E-state index contributed by atoms with van der Waals surface area (Å²) < 4.78 is 1.44. The molecular formula is C10H8N4S. The number of imidazole rings is 1. The Morgan fingerprint density at radius 1 is 1.27 bits per heavy atom. The van der Waals surface area contributed by atoms with Gasteiger partial charge >= 0.3 is 0 Å². The van der Waals surface area contributed by atoms with Crippen LogP contribution in [-0.2, 0) is 0 Å². The van der Waals surface area contributed by atoms with Crippen molar-refractivity contribution in [3.8, 4) is 10.4 Å². The van der Waals surface area contributed by atoms with Gasteiger partial charge in [-0.2, -0.15) is 0 Å². The summed E-state index contributed by atoms with van der Waals surface area (Å²) in [5.41, 5.74) is 2.64. The van der Waals surface area contributed by atoms with Crippen LogP contribution in [-0.4, -0.2) is 14.6 Å². The van der Waals surface area contributed by atoms with E-state index in [2.05, 4.69) is 16.0 Å². The predicted octanol–water partition coefficient (Wildman–Crippen LogP) is 1.87. The normalized spacial score (nSPS) is 10.9. The fourth-order valence-corrected chi connectivity index (χ4v) is 2.32. The van der Waals surface area contributed by atoms with Crippen molar-refractivity contribution in [1.29, 1.82) is 0 Å². The second-order valence-corrected chi connectivity index (χ2v) is 4.11. The van der Waals surface area contributed by atoms with Crippen LogP contribution in [0.15, 0.2) is 36.1 Å². The zero-order chi connectivity index (χ0) is 10.3. The Morgan fingerprint density at radius 3 is 3.00 bits per heavy atom. The van der Waals surface area contributed by atoms with E-state index in [9.17, 15) is 0 Å². The minimum Gasteiger partial charge on any atom is -0.336 e. The number of nitrogens with zero attached hydrogens (tertiary/aromatic N) is 3. The van der Waals surface area contributed by atoms with E-state index < -0.39 is 0 Å². The molecule has 0 saturated heterocycles. The van der Waals surface area contributed by atoms with Crippen LogP contribution in [0.2, 0.25) is 0 Å². The molecule has 0 aromatic carbocycles. The summed E-state index contributed by atoms with van der Waals surface area (Å²) in [6.07, 6.45) is 3.33. The molecule has 0 unspecified atom stereocenters. The average molecular weight is 216 g/mol. The van der Waals surface area contributed by atoms with Gasteiger partial charge in [0.1, 0.15) is 11.8 Å². The number of aromatic nitrogens is 3. The second-order valence-electron chi connectivity index (χ2n) is 3.16. The van der Waals surface area contributed by atoms with Gasteiger partial charge in [0.05, 0.1) is 0 Å². The highest BCUT2D eigenvalue weighted by Gasteiger charge is 2.09. The molecule has 0 spiro atoms. The number of fused-ring (bicyclic) bond motifs is 1. The Balaban J connectivity index is 2.36. The molecule has 15 heavy (non-hydrogen) atoms. The maximum absolute atomic E-state index is 5.69.